The third-order valence-electron chi connectivity index (χ3n) is 3.01. The molecule has 0 aliphatic carbocycles. The lowest BCUT2D eigenvalue weighted by atomic mass is 9.92. The van der Waals surface area contributed by atoms with Crippen LogP contribution in [0.2, 0.25) is 0 Å². The first-order valence-corrected chi connectivity index (χ1v) is 7.74. The van der Waals surface area contributed by atoms with Gasteiger partial charge >= 0.3 is 0 Å². The molecule has 1 nitrogen and oxygen atoms in total. The van der Waals surface area contributed by atoms with Crippen molar-refractivity contribution in [3.05, 3.63) is 20.8 Å². The topological polar surface area (TPSA) is 12.0 Å². The summed E-state index contributed by atoms with van der Waals surface area (Å²) < 4.78 is 1.22. The van der Waals surface area contributed by atoms with Crippen LogP contribution in [-0.4, -0.2) is 13.1 Å². The van der Waals surface area contributed by atoms with Crippen molar-refractivity contribution < 1.29 is 0 Å². The monoisotopic (exact) mass is 303 g/mol. The van der Waals surface area contributed by atoms with Gasteiger partial charge in [-0.25, -0.2) is 0 Å². The summed E-state index contributed by atoms with van der Waals surface area (Å²) in [6.07, 6.45) is 2.42. The number of hydrogen-bond acceptors (Lipinski definition) is 2. The Bertz CT molecular complexity index is 298. The van der Waals surface area contributed by atoms with Crippen molar-refractivity contribution in [1.82, 2.24) is 5.32 Å². The normalized spacial score (nSPS) is 15.0. The van der Waals surface area contributed by atoms with Gasteiger partial charge in [-0.1, -0.05) is 20.8 Å². The van der Waals surface area contributed by atoms with Gasteiger partial charge in [-0.05, 0) is 59.8 Å². The number of nitrogens with one attached hydrogen (secondary N) is 1. The fourth-order valence-corrected chi connectivity index (χ4v) is 3.28. The zero-order valence-electron chi connectivity index (χ0n) is 10.4. The fourth-order valence-electron chi connectivity index (χ4n) is 1.69. The van der Waals surface area contributed by atoms with E-state index in [-0.39, 0.29) is 0 Å². The Kier molecular flexibility index (Phi) is 6.62. The Morgan fingerprint density at radius 3 is 2.69 bits per heavy atom. The van der Waals surface area contributed by atoms with Gasteiger partial charge in [0.15, 0.2) is 0 Å². The van der Waals surface area contributed by atoms with Crippen LogP contribution in [0.5, 0.6) is 0 Å². The lowest BCUT2D eigenvalue weighted by molar-refractivity contribution is 0.367. The molecule has 16 heavy (non-hydrogen) atoms. The third-order valence-corrected chi connectivity index (χ3v) is 4.73. The van der Waals surface area contributed by atoms with Gasteiger partial charge in [0.1, 0.15) is 0 Å². The number of rotatable bonds is 7. The lowest BCUT2D eigenvalue weighted by Gasteiger charge is -2.19. The van der Waals surface area contributed by atoms with Gasteiger partial charge in [-0.15, -0.1) is 11.3 Å². The van der Waals surface area contributed by atoms with Crippen molar-refractivity contribution in [3.8, 4) is 0 Å². The molecular weight excluding hydrogens is 282 g/mol. The van der Waals surface area contributed by atoms with Crippen molar-refractivity contribution in [1.29, 1.82) is 0 Å². The molecule has 1 N–H and O–H groups in total. The SMILES string of the molecule is CCCNCC(C)C(C)Cc1cc(Br)cs1. The van der Waals surface area contributed by atoms with Gasteiger partial charge in [0.05, 0.1) is 0 Å². The summed E-state index contributed by atoms with van der Waals surface area (Å²) in [6, 6.07) is 2.24. The first kappa shape index (κ1) is 14.2. The van der Waals surface area contributed by atoms with Crippen LogP contribution in [0.4, 0.5) is 0 Å². The Morgan fingerprint density at radius 2 is 2.12 bits per heavy atom. The van der Waals surface area contributed by atoms with Crippen LogP contribution in [0, 0.1) is 11.8 Å². The van der Waals surface area contributed by atoms with E-state index in [1.54, 1.807) is 0 Å². The lowest BCUT2D eigenvalue weighted by Crippen LogP contribution is -2.26. The Balaban J connectivity index is 2.30. The second-order valence-corrected chi connectivity index (χ2v) is 6.51. The Hall–Kier alpha value is 0.140. The third kappa shape index (κ3) is 4.98. The average Bonchev–Trinajstić information content (AvgIpc) is 2.64. The van der Waals surface area contributed by atoms with Crippen LogP contribution in [0.15, 0.2) is 15.9 Å². The zero-order chi connectivity index (χ0) is 12.0. The first-order chi connectivity index (χ1) is 7.63. The molecule has 0 fully saturated rings. The van der Waals surface area contributed by atoms with Gasteiger partial charge in [-0.3, -0.25) is 0 Å². The number of halogens is 1. The summed E-state index contributed by atoms with van der Waals surface area (Å²) in [6.45, 7) is 9.19. The molecule has 1 aromatic heterocycles. The van der Waals surface area contributed by atoms with Crippen molar-refractivity contribution in [2.45, 2.75) is 33.6 Å². The predicted octanol–water partition coefficient (Wildman–Crippen LogP) is 4.32. The van der Waals surface area contributed by atoms with Gasteiger partial charge < -0.3 is 5.32 Å². The molecule has 0 bridgehead atoms. The van der Waals surface area contributed by atoms with Crippen LogP contribution in [0.1, 0.15) is 32.1 Å². The molecule has 0 amide bonds. The minimum absolute atomic E-state index is 0.743. The van der Waals surface area contributed by atoms with E-state index in [0.717, 1.165) is 24.9 Å². The summed E-state index contributed by atoms with van der Waals surface area (Å²) in [5, 5.41) is 5.67. The summed E-state index contributed by atoms with van der Waals surface area (Å²) in [5.74, 6) is 1.49. The largest absolute Gasteiger partial charge is 0.316 e. The van der Waals surface area contributed by atoms with Gasteiger partial charge in [0, 0.05) is 14.7 Å². The summed E-state index contributed by atoms with van der Waals surface area (Å²) in [5.41, 5.74) is 0. The van der Waals surface area contributed by atoms with E-state index in [9.17, 15) is 0 Å². The molecule has 0 aromatic carbocycles. The average molecular weight is 304 g/mol. The summed E-state index contributed by atoms with van der Waals surface area (Å²) in [4.78, 5) is 1.49. The maximum absolute atomic E-state index is 3.51. The van der Waals surface area contributed by atoms with E-state index >= 15 is 0 Å². The van der Waals surface area contributed by atoms with Crippen molar-refractivity contribution in [2.75, 3.05) is 13.1 Å². The second kappa shape index (κ2) is 7.46. The molecule has 0 saturated carbocycles. The molecular formula is C13H22BrNS. The molecule has 1 rings (SSSR count). The maximum atomic E-state index is 3.51. The maximum Gasteiger partial charge on any atom is 0.0285 e. The second-order valence-electron chi connectivity index (χ2n) is 4.59. The van der Waals surface area contributed by atoms with E-state index in [1.165, 1.54) is 22.2 Å². The number of hydrogen-bond donors (Lipinski definition) is 1. The van der Waals surface area contributed by atoms with Gasteiger partial charge in [0.2, 0.25) is 0 Å². The smallest absolute Gasteiger partial charge is 0.0285 e. The summed E-state index contributed by atoms with van der Waals surface area (Å²) in [7, 11) is 0. The van der Waals surface area contributed by atoms with Crippen LogP contribution in [0.25, 0.3) is 0 Å². The summed E-state index contributed by atoms with van der Waals surface area (Å²) >= 11 is 5.36. The van der Waals surface area contributed by atoms with Crippen molar-refractivity contribution in [3.63, 3.8) is 0 Å². The molecule has 0 aliphatic heterocycles. The minimum Gasteiger partial charge on any atom is -0.316 e. The van der Waals surface area contributed by atoms with Crippen LogP contribution in [-0.2, 0) is 6.42 Å². The van der Waals surface area contributed by atoms with Gasteiger partial charge in [-0.2, -0.15) is 0 Å². The zero-order valence-corrected chi connectivity index (χ0v) is 12.8. The van der Waals surface area contributed by atoms with Crippen molar-refractivity contribution >= 4 is 27.3 Å². The van der Waals surface area contributed by atoms with E-state index in [4.69, 9.17) is 0 Å². The fraction of sp³-hybridized carbons (Fsp3) is 0.692. The minimum atomic E-state index is 0.743. The molecule has 1 aromatic rings. The molecule has 0 saturated heterocycles. The molecule has 1 heterocycles. The van der Waals surface area contributed by atoms with E-state index < -0.39 is 0 Å². The van der Waals surface area contributed by atoms with Crippen LogP contribution in [0.3, 0.4) is 0 Å². The Morgan fingerprint density at radius 1 is 1.38 bits per heavy atom. The van der Waals surface area contributed by atoms with E-state index in [1.807, 2.05) is 11.3 Å². The quantitative estimate of drug-likeness (QED) is 0.740. The molecule has 2 unspecified atom stereocenters. The highest BCUT2D eigenvalue weighted by atomic mass is 79.9. The standard InChI is InChI=1S/C13H22BrNS/c1-4-5-15-8-11(3)10(2)6-13-7-12(14)9-16-13/h7,9-11,15H,4-6,8H2,1-3H3. The first-order valence-electron chi connectivity index (χ1n) is 6.07. The van der Waals surface area contributed by atoms with Crippen molar-refractivity contribution in [2.24, 2.45) is 11.8 Å². The van der Waals surface area contributed by atoms with Crippen LogP contribution < -0.4 is 5.32 Å². The molecule has 3 heteroatoms. The molecule has 2 atom stereocenters. The Labute approximate surface area is 112 Å². The number of thiophene rings is 1. The molecule has 0 radical (unpaired) electrons. The van der Waals surface area contributed by atoms with E-state index in [0.29, 0.717) is 0 Å². The molecule has 92 valence electrons. The molecule has 0 spiro atoms. The van der Waals surface area contributed by atoms with E-state index in [2.05, 4.69) is 53.5 Å². The van der Waals surface area contributed by atoms with Gasteiger partial charge in [0.25, 0.3) is 0 Å². The predicted molar refractivity (Wildman–Crippen MR) is 77.2 cm³/mol. The highest BCUT2D eigenvalue weighted by Crippen LogP contribution is 2.24. The highest BCUT2D eigenvalue weighted by Gasteiger charge is 2.13. The molecule has 0 aliphatic rings. The highest BCUT2D eigenvalue weighted by molar-refractivity contribution is 9.10. The van der Waals surface area contributed by atoms with Crippen LogP contribution >= 0.6 is 27.3 Å².